The van der Waals surface area contributed by atoms with E-state index in [1.54, 1.807) is 6.26 Å². The number of hydrogen-bond acceptors (Lipinski definition) is 4. The van der Waals surface area contributed by atoms with Gasteiger partial charge in [-0.1, -0.05) is 30.3 Å². The Morgan fingerprint density at radius 1 is 1.22 bits per heavy atom. The average molecular weight is 313 g/mol. The second kappa shape index (κ2) is 7.75. The largest absolute Gasteiger partial charge is 0.449 e. The van der Waals surface area contributed by atoms with Gasteiger partial charge in [-0.3, -0.25) is 4.90 Å². The van der Waals surface area contributed by atoms with E-state index in [0.29, 0.717) is 6.04 Å². The van der Waals surface area contributed by atoms with Crippen molar-refractivity contribution in [1.82, 2.24) is 14.8 Å². The Balaban J connectivity index is 1.65. The third-order valence-electron chi connectivity index (χ3n) is 4.77. The fourth-order valence-corrected chi connectivity index (χ4v) is 3.36. The Bertz CT molecular complexity index is 588. The number of nitrogens with zero attached hydrogens (tertiary/aromatic N) is 3. The molecule has 0 saturated carbocycles. The van der Waals surface area contributed by atoms with Gasteiger partial charge in [0.05, 0.1) is 5.69 Å². The van der Waals surface area contributed by atoms with Crippen LogP contribution in [0.15, 0.2) is 41.0 Å². The molecule has 124 valence electrons. The van der Waals surface area contributed by atoms with Gasteiger partial charge in [0.2, 0.25) is 0 Å². The van der Waals surface area contributed by atoms with E-state index >= 15 is 0 Å². The quantitative estimate of drug-likeness (QED) is 0.820. The molecule has 4 nitrogen and oxygen atoms in total. The Kier molecular flexibility index (Phi) is 5.47. The average Bonchev–Trinajstić information content (AvgIpc) is 2.98. The van der Waals surface area contributed by atoms with Gasteiger partial charge in [0.1, 0.15) is 6.26 Å². The summed E-state index contributed by atoms with van der Waals surface area (Å²) in [6.45, 7) is 6.24. The lowest BCUT2D eigenvalue weighted by molar-refractivity contribution is 0.114. The monoisotopic (exact) mass is 313 g/mol. The molecular weight excluding hydrogens is 286 g/mol. The van der Waals surface area contributed by atoms with Gasteiger partial charge in [-0.2, -0.15) is 0 Å². The van der Waals surface area contributed by atoms with Gasteiger partial charge in [-0.15, -0.1) is 0 Å². The van der Waals surface area contributed by atoms with Crippen molar-refractivity contribution in [2.24, 2.45) is 0 Å². The lowest BCUT2D eigenvalue weighted by Crippen LogP contribution is -2.44. The fraction of sp³-hybridized carbons (Fsp3) is 0.526. The summed E-state index contributed by atoms with van der Waals surface area (Å²) in [5.41, 5.74) is 2.45. The smallest absolute Gasteiger partial charge is 0.191 e. The van der Waals surface area contributed by atoms with Crippen LogP contribution in [-0.4, -0.2) is 47.5 Å². The number of likely N-dealkylation sites (tertiary alicyclic amines) is 1. The SMILES string of the molecule is Cc1nc(CN(CCc2ccccc2)C2CCN(C)CC2)co1. The molecule has 0 radical (unpaired) electrons. The molecule has 23 heavy (non-hydrogen) atoms. The Labute approximate surface area is 139 Å². The highest BCUT2D eigenvalue weighted by atomic mass is 16.3. The van der Waals surface area contributed by atoms with Crippen molar-refractivity contribution in [2.75, 3.05) is 26.7 Å². The zero-order valence-electron chi connectivity index (χ0n) is 14.2. The van der Waals surface area contributed by atoms with E-state index < -0.39 is 0 Å². The molecule has 2 heterocycles. The van der Waals surface area contributed by atoms with Crippen LogP contribution in [0, 0.1) is 6.92 Å². The number of benzene rings is 1. The number of rotatable bonds is 6. The summed E-state index contributed by atoms with van der Waals surface area (Å²) < 4.78 is 5.39. The van der Waals surface area contributed by atoms with Gasteiger partial charge in [0.15, 0.2) is 5.89 Å². The molecule has 1 aliphatic heterocycles. The van der Waals surface area contributed by atoms with E-state index in [2.05, 4.69) is 52.2 Å². The summed E-state index contributed by atoms with van der Waals surface area (Å²) in [5, 5.41) is 0. The van der Waals surface area contributed by atoms with E-state index in [0.717, 1.165) is 31.1 Å². The zero-order valence-corrected chi connectivity index (χ0v) is 14.2. The van der Waals surface area contributed by atoms with Crippen LogP contribution in [0.25, 0.3) is 0 Å². The minimum absolute atomic E-state index is 0.645. The summed E-state index contributed by atoms with van der Waals surface area (Å²) in [5.74, 6) is 0.756. The lowest BCUT2D eigenvalue weighted by atomic mass is 10.0. The summed E-state index contributed by atoms with van der Waals surface area (Å²) in [6.07, 6.45) is 5.37. The molecule has 0 atom stereocenters. The molecule has 0 N–H and O–H groups in total. The van der Waals surface area contributed by atoms with Gasteiger partial charge in [0.25, 0.3) is 0 Å². The van der Waals surface area contributed by atoms with Crippen LogP contribution in [0.5, 0.6) is 0 Å². The van der Waals surface area contributed by atoms with Gasteiger partial charge in [0, 0.05) is 26.1 Å². The normalized spacial score (nSPS) is 17.0. The second-order valence-electron chi connectivity index (χ2n) is 6.60. The van der Waals surface area contributed by atoms with Crippen molar-refractivity contribution < 1.29 is 4.42 Å². The standard InChI is InChI=1S/C19H27N3O/c1-16-20-18(15-23-16)14-22(19-9-11-21(2)12-10-19)13-8-17-6-4-3-5-7-17/h3-7,15,19H,8-14H2,1-2H3. The van der Waals surface area contributed by atoms with Crippen LogP contribution in [-0.2, 0) is 13.0 Å². The third kappa shape index (κ3) is 4.66. The molecule has 0 unspecified atom stereocenters. The molecule has 2 aromatic rings. The van der Waals surface area contributed by atoms with E-state index in [4.69, 9.17) is 4.42 Å². The van der Waals surface area contributed by atoms with E-state index in [-0.39, 0.29) is 0 Å². The minimum Gasteiger partial charge on any atom is -0.449 e. The van der Waals surface area contributed by atoms with Crippen molar-refractivity contribution >= 4 is 0 Å². The Hall–Kier alpha value is -1.65. The van der Waals surface area contributed by atoms with Crippen LogP contribution in [0.2, 0.25) is 0 Å². The van der Waals surface area contributed by atoms with Crippen LogP contribution in [0.4, 0.5) is 0 Å². The molecule has 3 rings (SSSR count). The van der Waals surface area contributed by atoms with Gasteiger partial charge in [-0.05, 0) is 45.0 Å². The number of oxazole rings is 1. The molecule has 1 aromatic carbocycles. The highest BCUT2D eigenvalue weighted by Gasteiger charge is 2.23. The van der Waals surface area contributed by atoms with Crippen molar-refractivity contribution in [3.8, 4) is 0 Å². The van der Waals surface area contributed by atoms with Crippen LogP contribution >= 0.6 is 0 Å². The van der Waals surface area contributed by atoms with Crippen molar-refractivity contribution in [2.45, 2.75) is 38.8 Å². The summed E-state index contributed by atoms with van der Waals surface area (Å²) in [6, 6.07) is 11.4. The first-order chi connectivity index (χ1) is 11.2. The number of piperidine rings is 1. The summed E-state index contributed by atoms with van der Waals surface area (Å²) >= 11 is 0. The molecule has 1 aliphatic rings. The first kappa shape index (κ1) is 16.2. The second-order valence-corrected chi connectivity index (χ2v) is 6.60. The highest BCUT2D eigenvalue weighted by molar-refractivity contribution is 5.15. The van der Waals surface area contributed by atoms with Gasteiger partial charge in [-0.25, -0.2) is 4.98 Å². The van der Waals surface area contributed by atoms with Crippen LogP contribution < -0.4 is 0 Å². The summed E-state index contributed by atoms with van der Waals surface area (Å²) in [7, 11) is 2.21. The number of aryl methyl sites for hydroxylation is 1. The molecule has 1 fully saturated rings. The molecule has 0 spiro atoms. The molecular formula is C19H27N3O. The Morgan fingerprint density at radius 3 is 2.61 bits per heavy atom. The predicted molar refractivity (Wildman–Crippen MR) is 92.3 cm³/mol. The number of hydrogen-bond donors (Lipinski definition) is 0. The first-order valence-corrected chi connectivity index (χ1v) is 8.58. The zero-order chi connectivity index (χ0) is 16.1. The number of aromatic nitrogens is 1. The van der Waals surface area contributed by atoms with E-state index in [1.165, 1.54) is 31.5 Å². The van der Waals surface area contributed by atoms with Crippen LogP contribution in [0.1, 0.15) is 30.0 Å². The van der Waals surface area contributed by atoms with Crippen molar-refractivity contribution in [3.63, 3.8) is 0 Å². The lowest BCUT2D eigenvalue weighted by Gasteiger charge is -2.37. The highest BCUT2D eigenvalue weighted by Crippen LogP contribution is 2.19. The molecule has 4 heteroatoms. The Morgan fingerprint density at radius 2 is 1.96 bits per heavy atom. The van der Waals surface area contributed by atoms with Crippen LogP contribution in [0.3, 0.4) is 0 Å². The van der Waals surface area contributed by atoms with E-state index in [9.17, 15) is 0 Å². The molecule has 0 aliphatic carbocycles. The maximum Gasteiger partial charge on any atom is 0.191 e. The minimum atomic E-state index is 0.645. The maximum atomic E-state index is 5.39. The summed E-state index contributed by atoms with van der Waals surface area (Å²) in [4.78, 5) is 9.51. The molecule has 1 aromatic heterocycles. The topological polar surface area (TPSA) is 32.5 Å². The van der Waals surface area contributed by atoms with Crippen molar-refractivity contribution in [3.05, 3.63) is 53.7 Å². The first-order valence-electron chi connectivity index (χ1n) is 8.58. The molecule has 0 amide bonds. The van der Waals surface area contributed by atoms with E-state index in [1.807, 2.05) is 6.92 Å². The van der Waals surface area contributed by atoms with Crippen molar-refractivity contribution in [1.29, 1.82) is 0 Å². The maximum absolute atomic E-state index is 5.39. The predicted octanol–water partition coefficient (Wildman–Crippen LogP) is 3.12. The molecule has 0 bridgehead atoms. The fourth-order valence-electron chi connectivity index (χ4n) is 3.36. The van der Waals surface area contributed by atoms with Gasteiger partial charge >= 0.3 is 0 Å². The third-order valence-corrected chi connectivity index (χ3v) is 4.77. The molecule has 1 saturated heterocycles. The van der Waals surface area contributed by atoms with Gasteiger partial charge < -0.3 is 9.32 Å².